The number of halogens is 2. The molecule has 0 saturated carbocycles. The predicted octanol–water partition coefficient (Wildman–Crippen LogP) is 3.69. The number of rotatable bonds is 8. The second kappa shape index (κ2) is 11.5. The van der Waals surface area contributed by atoms with Crippen LogP contribution in [0.3, 0.4) is 0 Å². The van der Waals surface area contributed by atoms with E-state index in [0.717, 1.165) is 0 Å². The number of oxime groups is 1. The van der Waals surface area contributed by atoms with E-state index in [2.05, 4.69) is 10.1 Å². The zero-order valence-electron chi connectivity index (χ0n) is 19.1. The first-order valence-corrected chi connectivity index (χ1v) is 11.9. The number of para-hydroxylation sites is 2. The highest BCUT2D eigenvalue weighted by Crippen LogP contribution is 2.22. The van der Waals surface area contributed by atoms with Gasteiger partial charge < -0.3 is 23.8 Å². The van der Waals surface area contributed by atoms with E-state index >= 15 is 0 Å². The summed E-state index contributed by atoms with van der Waals surface area (Å²) in [5, 5.41) is 4.97. The molecule has 3 aromatic rings. The third-order valence-corrected chi connectivity index (χ3v) is 5.97. The van der Waals surface area contributed by atoms with Gasteiger partial charge in [0.15, 0.2) is 5.82 Å². The molecule has 4 rings (SSSR count). The molecule has 9 nitrogen and oxygen atoms in total. The number of ether oxygens (including phenoxy) is 2. The van der Waals surface area contributed by atoms with Crippen molar-refractivity contribution in [2.75, 3.05) is 32.9 Å². The largest absolute Gasteiger partial charge is 0.461 e. The summed E-state index contributed by atoms with van der Waals surface area (Å²) in [5.74, 6) is -0.659. The van der Waals surface area contributed by atoms with Gasteiger partial charge >= 0.3 is 5.97 Å². The van der Waals surface area contributed by atoms with E-state index in [1.165, 1.54) is 0 Å². The summed E-state index contributed by atoms with van der Waals surface area (Å²) < 4.78 is 12.2. The lowest BCUT2D eigenvalue weighted by Gasteiger charge is -2.27. The highest BCUT2D eigenvalue weighted by atomic mass is 35.5. The Kier molecular flexibility index (Phi) is 8.22. The van der Waals surface area contributed by atoms with Crippen LogP contribution in [0.5, 0.6) is 0 Å². The molecule has 0 N–H and O–H groups in total. The van der Waals surface area contributed by atoms with Crippen molar-refractivity contribution in [3.05, 3.63) is 63.9 Å². The number of hydrogen-bond donors (Lipinski definition) is 0. The second-order valence-electron chi connectivity index (χ2n) is 7.67. The summed E-state index contributed by atoms with van der Waals surface area (Å²) in [4.78, 5) is 37.7. The number of hydrogen-bond acceptors (Lipinski definition) is 7. The Bertz CT molecular complexity index is 1250. The third-order valence-electron chi connectivity index (χ3n) is 5.38. The van der Waals surface area contributed by atoms with Crippen LogP contribution < -0.4 is 0 Å². The number of amides is 1. The fourth-order valence-corrected chi connectivity index (χ4v) is 4.10. The first-order valence-electron chi connectivity index (χ1n) is 11.1. The van der Waals surface area contributed by atoms with Crippen molar-refractivity contribution in [2.24, 2.45) is 5.16 Å². The van der Waals surface area contributed by atoms with Gasteiger partial charge in [0.05, 0.1) is 30.9 Å². The van der Waals surface area contributed by atoms with E-state index in [9.17, 15) is 9.59 Å². The molecular formula is C24H24Cl2N4O5. The maximum absolute atomic E-state index is 13.1. The molecule has 0 spiro atoms. The Morgan fingerprint density at radius 3 is 2.66 bits per heavy atom. The van der Waals surface area contributed by atoms with Crippen LogP contribution in [0, 0.1) is 0 Å². The lowest BCUT2D eigenvalue weighted by atomic mass is 10.2. The van der Waals surface area contributed by atoms with Crippen molar-refractivity contribution < 1.29 is 23.9 Å². The van der Waals surface area contributed by atoms with Crippen molar-refractivity contribution in [3.63, 3.8) is 0 Å². The van der Waals surface area contributed by atoms with Crippen LogP contribution in [-0.2, 0) is 37.1 Å². The number of benzene rings is 2. The van der Waals surface area contributed by atoms with Gasteiger partial charge in [0.1, 0.15) is 13.2 Å². The molecule has 2 heterocycles. The molecule has 1 aliphatic heterocycles. The summed E-state index contributed by atoms with van der Waals surface area (Å²) in [6, 6.07) is 12.3. The van der Waals surface area contributed by atoms with Gasteiger partial charge in [-0.05, 0) is 31.2 Å². The Hall–Kier alpha value is -3.14. The minimum absolute atomic E-state index is 0.00809. The Labute approximate surface area is 212 Å². The van der Waals surface area contributed by atoms with Crippen LogP contribution in [-0.4, -0.2) is 64.9 Å². The molecular weight excluding hydrogens is 495 g/mol. The lowest BCUT2D eigenvalue weighted by molar-refractivity contribution is -0.136. The molecule has 35 heavy (non-hydrogen) atoms. The van der Waals surface area contributed by atoms with Crippen LogP contribution in [0.25, 0.3) is 11.0 Å². The molecule has 1 aromatic heterocycles. The quantitative estimate of drug-likeness (QED) is 0.256. The van der Waals surface area contributed by atoms with Crippen molar-refractivity contribution >= 4 is 51.8 Å². The molecule has 1 aliphatic rings. The van der Waals surface area contributed by atoms with Gasteiger partial charge in [-0.2, -0.15) is 0 Å². The van der Waals surface area contributed by atoms with Crippen molar-refractivity contribution in [2.45, 2.75) is 20.1 Å². The van der Waals surface area contributed by atoms with Crippen molar-refractivity contribution in [1.29, 1.82) is 0 Å². The summed E-state index contributed by atoms with van der Waals surface area (Å²) in [6.07, 6.45) is 0. The minimum Gasteiger partial charge on any atom is -0.461 e. The fraction of sp³-hybridized carbons (Fsp3) is 0.333. The summed E-state index contributed by atoms with van der Waals surface area (Å²) in [7, 11) is 0. The van der Waals surface area contributed by atoms with Gasteiger partial charge in [0, 0.05) is 28.7 Å². The monoisotopic (exact) mass is 518 g/mol. The number of imidazole rings is 1. The average Bonchev–Trinajstić information content (AvgIpc) is 3.21. The van der Waals surface area contributed by atoms with Crippen LogP contribution in [0.2, 0.25) is 10.0 Å². The van der Waals surface area contributed by atoms with E-state index < -0.39 is 5.97 Å². The van der Waals surface area contributed by atoms with Crippen LogP contribution in [0.1, 0.15) is 18.3 Å². The van der Waals surface area contributed by atoms with Crippen LogP contribution in [0.15, 0.2) is 47.6 Å². The second-order valence-corrected chi connectivity index (χ2v) is 8.52. The first-order chi connectivity index (χ1) is 17.0. The number of aromatic nitrogens is 2. The van der Waals surface area contributed by atoms with E-state index in [1.54, 1.807) is 40.7 Å². The Morgan fingerprint density at radius 2 is 1.91 bits per heavy atom. The smallest absolute Gasteiger partial charge is 0.364 e. The molecule has 0 atom stereocenters. The molecule has 1 fully saturated rings. The van der Waals surface area contributed by atoms with Gasteiger partial charge in [-0.15, -0.1) is 0 Å². The third kappa shape index (κ3) is 5.93. The average molecular weight is 519 g/mol. The normalized spacial score (nSPS) is 14.3. The highest BCUT2D eigenvalue weighted by molar-refractivity contribution is 6.42. The number of carbonyl (C=O) groups excluding carboxylic acids is 2. The van der Waals surface area contributed by atoms with E-state index in [-0.39, 0.29) is 37.2 Å². The lowest BCUT2D eigenvalue weighted by Crippen LogP contribution is -2.42. The van der Waals surface area contributed by atoms with Crippen LogP contribution >= 0.6 is 23.2 Å². The topological polar surface area (TPSA) is 95.2 Å². The minimum atomic E-state index is -0.718. The molecule has 11 heteroatoms. The molecule has 0 aliphatic carbocycles. The molecule has 0 radical (unpaired) electrons. The zero-order chi connectivity index (χ0) is 24.8. The summed E-state index contributed by atoms with van der Waals surface area (Å²) in [6.45, 7) is 3.76. The standard InChI is InChI=1S/C24H24Cl2N4O5/c1-2-34-24(32)22(28-35-15-16-7-8-17(25)13-18(16)26)23-27-19-5-3-4-6-20(19)30(23)14-21(31)29-9-11-33-12-10-29/h3-8,13H,2,9-12,14-15H2,1H3/b28-22-. The number of esters is 1. The fourth-order valence-electron chi connectivity index (χ4n) is 3.64. The highest BCUT2D eigenvalue weighted by Gasteiger charge is 2.27. The number of carbonyl (C=O) groups is 2. The van der Waals surface area contributed by atoms with Gasteiger partial charge in [-0.25, -0.2) is 9.78 Å². The predicted molar refractivity (Wildman–Crippen MR) is 132 cm³/mol. The van der Waals surface area contributed by atoms with Crippen LogP contribution in [0.4, 0.5) is 0 Å². The SMILES string of the molecule is CCOC(=O)/C(=N\OCc1ccc(Cl)cc1Cl)c1nc2ccccc2n1CC(=O)N1CCOCC1. The zero-order valence-corrected chi connectivity index (χ0v) is 20.6. The van der Waals surface area contributed by atoms with Crippen molar-refractivity contribution in [1.82, 2.24) is 14.5 Å². The first kappa shape index (κ1) is 25.0. The maximum atomic E-state index is 13.1. The van der Waals surface area contributed by atoms with Gasteiger partial charge in [0.25, 0.3) is 0 Å². The van der Waals surface area contributed by atoms with Gasteiger partial charge in [-0.3, -0.25) is 4.79 Å². The maximum Gasteiger partial charge on any atom is 0.364 e. The number of morpholine rings is 1. The summed E-state index contributed by atoms with van der Waals surface area (Å²) >= 11 is 12.2. The molecule has 2 aromatic carbocycles. The Morgan fingerprint density at radius 1 is 1.14 bits per heavy atom. The van der Waals surface area contributed by atoms with E-state index in [4.69, 9.17) is 37.5 Å². The van der Waals surface area contributed by atoms with Gasteiger partial charge in [-0.1, -0.05) is 46.6 Å². The Balaban J connectivity index is 1.68. The summed E-state index contributed by atoms with van der Waals surface area (Å²) in [5.41, 5.74) is 1.78. The molecule has 1 amide bonds. The molecule has 0 bridgehead atoms. The number of nitrogens with zero attached hydrogens (tertiary/aromatic N) is 4. The van der Waals surface area contributed by atoms with Crippen molar-refractivity contribution in [3.8, 4) is 0 Å². The molecule has 184 valence electrons. The van der Waals surface area contributed by atoms with E-state index in [0.29, 0.717) is 52.9 Å². The molecule has 0 unspecified atom stereocenters. The van der Waals surface area contributed by atoms with E-state index in [1.807, 2.05) is 18.2 Å². The van der Waals surface area contributed by atoms with Gasteiger partial charge in [0.2, 0.25) is 11.6 Å². The molecule has 1 saturated heterocycles. The number of fused-ring (bicyclic) bond motifs is 1.